The Morgan fingerprint density at radius 3 is 2.64 bits per heavy atom. The number of allylic oxidation sites excluding steroid dienone is 1. The van der Waals surface area contributed by atoms with E-state index in [1.807, 2.05) is 13.8 Å². The molecule has 0 aromatic heterocycles. The molecular weight excluding hydrogens is 336 g/mol. The predicted octanol–water partition coefficient (Wildman–Crippen LogP) is 4.05. The van der Waals surface area contributed by atoms with Gasteiger partial charge in [0.05, 0.1) is 18.8 Å². The normalized spacial score (nSPS) is 11.5. The van der Waals surface area contributed by atoms with Crippen LogP contribution in [0.1, 0.15) is 38.8 Å². The highest BCUT2D eigenvalue weighted by atomic mass is 32.2. The van der Waals surface area contributed by atoms with Crippen LogP contribution in [0, 0.1) is 17.2 Å². The highest BCUT2D eigenvalue weighted by Gasteiger charge is 2.17. The van der Waals surface area contributed by atoms with Crippen molar-refractivity contribution in [1.29, 1.82) is 5.26 Å². The van der Waals surface area contributed by atoms with Gasteiger partial charge < -0.3 is 15.2 Å². The topological polar surface area (TPSA) is 85.3 Å². The van der Waals surface area contributed by atoms with Gasteiger partial charge in [-0.3, -0.25) is 0 Å². The van der Waals surface area contributed by atoms with E-state index in [1.54, 1.807) is 32.0 Å². The Bertz CT molecular complexity index is 714. The maximum atomic E-state index is 12.0. The molecule has 0 bridgehead atoms. The van der Waals surface area contributed by atoms with Crippen LogP contribution in [0.4, 0.5) is 0 Å². The monoisotopic (exact) mass is 360 g/mol. The van der Waals surface area contributed by atoms with Crippen LogP contribution >= 0.6 is 11.8 Å². The van der Waals surface area contributed by atoms with Gasteiger partial charge in [0.1, 0.15) is 16.7 Å². The lowest BCUT2D eigenvalue weighted by Gasteiger charge is -2.13. The lowest BCUT2D eigenvalue weighted by Crippen LogP contribution is -2.10. The number of hydrogen-bond acceptors (Lipinski definition) is 6. The van der Waals surface area contributed by atoms with Gasteiger partial charge in [0.2, 0.25) is 0 Å². The van der Waals surface area contributed by atoms with Crippen LogP contribution in [0.5, 0.6) is 5.75 Å². The smallest absolute Gasteiger partial charge is 0.346 e. The summed E-state index contributed by atoms with van der Waals surface area (Å²) >= 11 is 1.13. The van der Waals surface area contributed by atoms with E-state index in [0.717, 1.165) is 17.3 Å². The van der Waals surface area contributed by atoms with E-state index >= 15 is 0 Å². The van der Waals surface area contributed by atoms with E-state index in [-0.39, 0.29) is 6.61 Å². The van der Waals surface area contributed by atoms with Gasteiger partial charge >= 0.3 is 5.97 Å². The highest BCUT2D eigenvalue weighted by molar-refractivity contribution is 8.12. The standard InChI is InChI=1S/C19H24N2O3S/c1-6-23-19(22)18(13(4)21)25-14(5)15-7-8-17(16(9-15)10-20)24-11-12(2)3/h7-9,12H,5-6,11,21H2,1-4H3/b18-13-. The predicted molar refractivity (Wildman–Crippen MR) is 102 cm³/mol. The number of carbonyl (C=O) groups excluding carboxylic acids is 1. The molecule has 0 aliphatic rings. The van der Waals surface area contributed by atoms with Crippen molar-refractivity contribution in [1.82, 2.24) is 0 Å². The molecule has 0 saturated heterocycles. The average Bonchev–Trinajstić information content (AvgIpc) is 2.57. The van der Waals surface area contributed by atoms with Crippen molar-refractivity contribution < 1.29 is 14.3 Å². The number of nitrogens with two attached hydrogens (primary N) is 1. The molecule has 0 amide bonds. The van der Waals surface area contributed by atoms with Crippen LogP contribution in [0.3, 0.4) is 0 Å². The van der Waals surface area contributed by atoms with Gasteiger partial charge in [0.25, 0.3) is 0 Å². The third-order valence-corrected chi connectivity index (χ3v) is 4.21. The molecule has 5 nitrogen and oxygen atoms in total. The molecule has 0 spiro atoms. The maximum absolute atomic E-state index is 12.0. The van der Waals surface area contributed by atoms with Crippen LogP contribution in [0.25, 0.3) is 4.91 Å². The highest BCUT2D eigenvalue weighted by Crippen LogP contribution is 2.35. The van der Waals surface area contributed by atoms with Gasteiger partial charge in [-0.25, -0.2) is 4.79 Å². The van der Waals surface area contributed by atoms with Crippen molar-refractivity contribution >= 4 is 22.6 Å². The summed E-state index contributed by atoms with van der Waals surface area (Å²) in [6, 6.07) is 7.37. The molecule has 0 aliphatic carbocycles. The number of nitriles is 1. The van der Waals surface area contributed by atoms with Crippen molar-refractivity contribution in [3.8, 4) is 11.8 Å². The second-order valence-electron chi connectivity index (χ2n) is 5.79. The summed E-state index contributed by atoms with van der Waals surface area (Å²) in [7, 11) is 0. The van der Waals surface area contributed by atoms with E-state index in [1.165, 1.54) is 0 Å². The first-order valence-corrected chi connectivity index (χ1v) is 8.79. The molecule has 1 aromatic rings. The molecule has 0 atom stereocenters. The van der Waals surface area contributed by atoms with Crippen molar-refractivity contribution in [3.05, 3.63) is 46.5 Å². The summed E-state index contributed by atoms with van der Waals surface area (Å²) in [6.45, 7) is 12.2. The molecule has 1 aromatic carbocycles. The molecule has 0 unspecified atom stereocenters. The molecule has 0 radical (unpaired) electrons. The summed E-state index contributed by atoms with van der Waals surface area (Å²) in [6.07, 6.45) is 0. The Morgan fingerprint density at radius 2 is 2.12 bits per heavy atom. The van der Waals surface area contributed by atoms with Crippen molar-refractivity contribution in [2.24, 2.45) is 11.7 Å². The van der Waals surface area contributed by atoms with E-state index in [2.05, 4.69) is 12.6 Å². The fraction of sp³-hybridized carbons (Fsp3) is 0.368. The van der Waals surface area contributed by atoms with Gasteiger partial charge in [-0.2, -0.15) is 5.26 Å². The minimum Gasteiger partial charge on any atom is -0.492 e. The second-order valence-corrected chi connectivity index (χ2v) is 6.89. The third-order valence-electron chi connectivity index (χ3n) is 3.04. The molecule has 2 N–H and O–H groups in total. The number of ether oxygens (including phenoxy) is 2. The minimum absolute atomic E-state index is 0.267. The maximum Gasteiger partial charge on any atom is 0.346 e. The molecular formula is C19H24N2O3S. The molecule has 1 rings (SSSR count). The fourth-order valence-corrected chi connectivity index (χ4v) is 2.63. The van der Waals surface area contributed by atoms with E-state index in [4.69, 9.17) is 15.2 Å². The van der Waals surface area contributed by atoms with Crippen LogP contribution in [-0.2, 0) is 9.53 Å². The average molecular weight is 360 g/mol. The second kappa shape index (κ2) is 9.80. The summed E-state index contributed by atoms with van der Waals surface area (Å²) in [5, 5.41) is 9.35. The Balaban J connectivity index is 3.00. The molecule has 134 valence electrons. The van der Waals surface area contributed by atoms with Gasteiger partial charge in [0.15, 0.2) is 0 Å². The zero-order valence-corrected chi connectivity index (χ0v) is 15.9. The molecule has 0 fully saturated rings. The van der Waals surface area contributed by atoms with Gasteiger partial charge in [-0.1, -0.05) is 38.3 Å². The first-order chi connectivity index (χ1) is 11.8. The van der Waals surface area contributed by atoms with Gasteiger partial charge in [-0.05, 0) is 37.5 Å². The van der Waals surface area contributed by atoms with Crippen LogP contribution in [0.2, 0.25) is 0 Å². The van der Waals surface area contributed by atoms with Gasteiger partial charge in [0, 0.05) is 10.6 Å². The Kier molecular flexibility index (Phi) is 8.09. The number of hydrogen-bond donors (Lipinski definition) is 1. The third kappa shape index (κ3) is 6.20. The summed E-state index contributed by atoms with van der Waals surface area (Å²) < 4.78 is 10.7. The number of benzene rings is 1. The van der Waals surface area contributed by atoms with E-state index in [9.17, 15) is 10.1 Å². The quantitative estimate of drug-likeness (QED) is 0.556. The zero-order chi connectivity index (χ0) is 19.0. The molecule has 0 heterocycles. The van der Waals surface area contributed by atoms with E-state index in [0.29, 0.717) is 39.3 Å². The van der Waals surface area contributed by atoms with Gasteiger partial charge in [-0.15, -0.1) is 0 Å². The van der Waals surface area contributed by atoms with Crippen molar-refractivity contribution in [2.75, 3.05) is 13.2 Å². The zero-order valence-electron chi connectivity index (χ0n) is 15.1. The Morgan fingerprint density at radius 1 is 1.44 bits per heavy atom. The number of esters is 1. The van der Waals surface area contributed by atoms with Crippen molar-refractivity contribution in [3.63, 3.8) is 0 Å². The number of thioether (sulfide) groups is 1. The molecule has 25 heavy (non-hydrogen) atoms. The molecule has 6 heteroatoms. The number of carbonyl (C=O) groups is 1. The Hall–Kier alpha value is -2.39. The van der Waals surface area contributed by atoms with Crippen LogP contribution in [-0.4, -0.2) is 19.2 Å². The summed E-state index contributed by atoms with van der Waals surface area (Å²) in [5.41, 5.74) is 7.30. The lowest BCUT2D eigenvalue weighted by molar-refractivity contribution is -0.137. The lowest BCUT2D eigenvalue weighted by atomic mass is 10.1. The molecule has 0 aliphatic heterocycles. The fourth-order valence-electron chi connectivity index (χ4n) is 1.84. The van der Waals surface area contributed by atoms with E-state index < -0.39 is 5.97 Å². The minimum atomic E-state index is -0.481. The first kappa shape index (κ1) is 20.7. The first-order valence-electron chi connectivity index (χ1n) is 7.97. The van der Waals surface area contributed by atoms with Crippen molar-refractivity contribution in [2.45, 2.75) is 27.7 Å². The number of rotatable bonds is 8. The van der Waals surface area contributed by atoms with Crippen LogP contribution < -0.4 is 10.5 Å². The number of nitrogens with zero attached hydrogens (tertiary/aromatic N) is 1. The SMILES string of the molecule is C=C(S/C(C(=O)OCC)=C(/C)N)c1ccc(OCC(C)C)c(C#N)c1. The largest absolute Gasteiger partial charge is 0.492 e. The molecule has 0 saturated carbocycles. The Labute approximate surface area is 153 Å². The summed E-state index contributed by atoms with van der Waals surface area (Å²) in [5.74, 6) is 0.418. The van der Waals surface area contributed by atoms with Crippen LogP contribution in [0.15, 0.2) is 35.4 Å². The summed E-state index contributed by atoms with van der Waals surface area (Å²) in [4.78, 5) is 12.9.